The fourth-order valence-corrected chi connectivity index (χ4v) is 1.50. The molecule has 20 heavy (non-hydrogen) atoms. The summed E-state index contributed by atoms with van der Waals surface area (Å²) in [6, 6.07) is 6.88. The molecule has 0 atom stereocenters. The maximum Gasteiger partial charge on any atom is 0.404 e. The molecule has 0 fully saturated rings. The molecule has 1 aromatic carbocycles. The molecular weight excluding hydrogens is 282 g/mol. The van der Waals surface area contributed by atoms with Gasteiger partial charge in [-0.05, 0) is 12.1 Å². The standard InChI is InChI=1S/C12H15N3O4S/c13-11(20)8-3-1-2-4-9(8)19-7-10(16)15-5-6-18-12(14)17/h1-4H,5-7H2,(H2,13,20)(H2,14,17)(H,15,16). The van der Waals surface area contributed by atoms with Crippen LogP contribution in [-0.2, 0) is 9.53 Å². The van der Waals surface area contributed by atoms with E-state index in [2.05, 4.69) is 10.1 Å². The van der Waals surface area contributed by atoms with Crippen LogP contribution in [0.25, 0.3) is 0 Å². The number of amides is 2. The van der Waals surface area contributed by atoms with E-state index in [0.717, 1.165) is 0 Å². The Hall–Kier alpha value is -2.35. The third-order valence-corrected chi connectivity index (χ3v) is 2.40. The fraction of sp³-hybridized carbons (Fsp3) is 0.250. The molecule has 0 aromatic heterocycles. The molecule has 0 spiro atoms. The van der Waals surface area contributed by atoms with E-state index >= 15 is 0 Å². The SMILES string of the molecule is NC(=O)OCCNC(=O)COc1ccccc1C(N)=S. The van der Waals surface area contributed by atoms with Crippen LogP contribution in [0, 0.1) is 0 Å². The molecule has 0 aliphatic carbocycles. The Balaban J connectivity index is 2.38. The van der Waals surface area contributed by atoms with E-state index in [0.29, 0.717) is 11.3 Å². The van der Waals surface area contributed by atoms with E-state index in [-0.39, 0.29) is 30.7 Å². The number of rotatable bonds is 7. The van der Waals surface area contributed by atoms with Crippen LogP contribution in [0.4, 0.5) is 4.79 Å². The fourth-order valence-electron chi connectivity index (χ4n) is 1.33. The maximum atomic E-state index is 11.5. The highest BCUT2D eigenvalue weighted by atomic mass is 32.1. The highest BCUT2D eigenvalue weighted by Crippen LogP contribution is 2.17. The van der Waals surface area contributed by atoms with Crippen molar-refractivity contribution >= 4 is 29.2 Å². The first-order valence-corrected chi connectivity index (χ1v) is 6.12. The highest BCUT2D eigenvalue weighted by Gasteiger charge is 2.08. The molecule has 1 rings (SSSR count). The summed E-state index contributed by atoms with van der Waals surface area (Å²) in [5, 5.41) is 2.50. The normalized spacial score (nSPS) is 9.60. The molecule has 0 radical (unpaired) electrons. The minimum absolute atomic E-state index is 0.00451. The van der Waals surface area contributed by atoms with Crippen molar-refractivity contribution < 1.29 is 19.1 Å². The number of benzene rings is 1. The number of nitrogens with two attached hydrogens (primary N) is 2. The van der Waals surface area contributed by atoms with Crippen molar-refractivity contribution in [3.05, 3.63) is 29.8 Å². The lowest BCUT2D eigenvalue weighted by atomic mass is 10.2. The second-order valence-corrected chi connectivity index (χ2v) is 4.11. The summed E-state index contributed by atoms with van der Waals surface area (Å²) in [4.78, 5) is 22.0. The van der Waals surface area contributed by atoms with Gasteiger partial charge in [0.15, 0.2) is 6.61 Å². The lowest BCUT2D eigenvalue weighted by Crippen LogP contribution is -2.32. The Morgan fingerprint density at radius 1 is 1.25 bits per heavy atom. The molecule has 8 heteroatoms. The van der Waals surface area contributed by atoms with Crippen molar-refractivity contribution in [3.63, 3.8) is 0 Å². The zero-order valence-corrected chi connectivity index (χ0v) is 11.4. The quantitative estimate of drug-likeness (QED) is 0.478. The number of hydrogen-bond donors (Lipinski definition) is 3. The Bertz CT molecular complexity index is 507. The Morgan fingerprint density at radius 2 is 1.95 bits per heavy atom. The van der Waals surface area contributed by atoms with Crippen LogP contribution in [0.3, 0.4) is 0 Å². The van der Waals surface area contributed by atoms with Gasteiger partial charge in [0.25, 0.3) is 5.91 Å². The summed E-state index contributed by atoms with van der Waals surface area (Å²) in [6.07, 6.45) is -0.888. The molecule has 0 bridgehead atoms. The van der Waals surface area contributed by atoms with Gasteiger partial charge in [0.2, 0.25) is 0 Å². The van der Waals surface area contributed by atoms with Crippen LogP contribution in [0.1, 0.15) is 5.56 Å². The predicted octanol–water partition coefficient (Wildman–Crippen LogP) is -0.0889. The summed E-state index contributed by atoms with van der Waals surface area (Å²) in [7, 11) is 0. The second-order valence-electron chi connectivity index (χ2n) is 3.67. The van der Waals surface area contributed by atoms with Crippen LogP contribution >= 0.6 is 12.2 Å². The van der Waals surface area contributed by atoms with Gasteiger partial charge >= 0.3 is 6.09 Å². The molecular formula is C12H15N3O4S. The van der Waals surface area contributed by atoms with E-state index in [9.17, 15) is 9.59 Å². The van der Waals surface area contributed by atoms with Gasteiger partial charge in [-0.2, -0.15) is 0 Å². The van der Waals surface area contributed by atoms with Crippen LogP contribution in [0.2, 0.25) is 0 Å². The third-order valence-electron chi connectivity index (χ3n) is 2.18. The number of carbonyl (C=O) groups is 2. The first-order valence-electron chi connectivity index (χ1n) is 5.71. The summed E-state index contributed by atoms with van der Waals surface area (Å²) in [6.45, 7) is -0.0389. The van der Waals surface area contributed by atoms with Gasteiger partial charge in [-0.15, -0.1) is 0 Å². The van der Waals surface area contributed by atoms with Gasteiger partial charge in [-0.25, -0.2) is 4.79 Å². The summed E-state index contributed by atoms with van der Waals surface area (Å²) < 4.78 is 9.78. The molecule has 0 saturated carbocycles. The van der Waals surface area contributed by atoms with Gasteiger partial charge in [0.05, 0.1) is 12.1 Å². The van der Waals surface area contributed by atoms with E-state index in [1.165, 1.54) is 0 Å². The summed E-state index contributed by atoms with van der Waals surface area (Å²) >= 11 is 4.88. The number of thiocarbonyl (C=S) groups is 1. The largest absolute Gasteiger partial charge is 0.483 e. The van der Waals surface area contributed by atoms with Crippen LogP contribution in [0.5, 0.6) is 5.75 Å². The van der Waals surface area contributed by atoms with Crippen LogP contribution in [-0.4, -0.2) is 36.7 Å². The molecule has 7 nitrogen and oxygen atoms in total. The number of ether oxygens (including phenoxy) is 2. The van der Waals surface area contributed by atoms with Gasteiger partial charge in [-0.3, -0.25) is 4.79 Å². The number of primary amides is 1. The molecule has 5 N–H and O–H groups in total. The van der Waals surface area contributed by atoms with E-state index in [1.807, 2.05) is 0 Å². The smallest absolute Gasteiger partial charge is 0.404 e. The first kappa shape index (κ1) is 15.7. The van der Waals surface area contributed by atoms with Gasteiger partial charge in [0.1, 0.15) is 17.3 Å². The molecule has 0 aliphatic heterocycles. The van der Waals surface area contributed by atoms with Crippen LogP contribution in [0.15, 0.2) is 24.3 Å². The van der Waals surface area contributed by atoms with Gasteiger partial charge in [0, 0.05) is 0 Å². The lowest BCUT2D eigenvalue weighted by Gasteiger charge is -2.10. The van der Waals surface area contributed by atoms with Gasteiger partial charge in [-0.1, -0.05) is 24.4 Å². The lowest BCUT2D eigenvalue weighted by molar-refractivity contribution is -0.123. The summed E-state index contributed by atoms with van der Waals surface area (Å²) in [5.74, 6) is 0.0688. The van der Waals surface area contributed by atoms with Crippen molar-refractivity contribution in [2.24, 2.45) is 11.5 Å². The number of para-hydroxylation sites is 1. The second kappa shape index (κ2) is 7.95. The molecule has 2 amide bonds. The van der Waals surface area contributed by atoms with Crippen molar-refractivity contribution in [1.29, 1.82) is 0 Å². The monoisotopic (exact) mass is 297 g/mol. The van der Waals surface area contributed by atoms with E-state index in [1.54, 1.807) is 24.3 Å². The Kier molecular flexibility index (Phi) is 6.24. The summed E-state index contributed by atoms with van der Waals surface area (Å²) in [5.41, 5.74) is 10.9. The minimum Gasteiger partial charge on any atom is -0.483 e. The van der Waals surface area contributed by atoms with Crippen LogP contribution < -0.4 is 21.5 Å². The molecule has 108 valence electrons. The third kappa shape index (κ3) is 5.53. The highest BCUT2D eigenvalue weighted by molar-refractivity contribution is 7.80. The minimum atomic E-state index is -0.888. The molecule has 0 saturated heterocycles. The predicted molar refractivity (Wildman–Crippen MR) is 76.4 cm³/mol. The van der Waals surface area contributed by atoms with Gasteiger partial charge < -0.3 is 26.3 Å². The topological polar surface area (TPSA) is 117 Å². The van der Waals surface area contributed by atoms with E-state index in [4.69, 9.17) is 28.4 Å². The first-order chi connectivity index (χ1) is 9.50. The van der Waals surface area contributed by atoms with E-state index < -0.39 is 6.09 Å². The number of carbonyl (C=O) groups excluding carboxylic acids is 2. The zero-order chi connectivity index (χ0) is 15.0. The average Bonchev–Trinajstić information content (AvgIpc) is 2.41. The maximum absolute atomic E-state index is 11.5. The molecule has 1 aromatic rings. The number of nitrogens with one attached hydrogen (secondary N) is 1. The molecule has 0 aliphatic rings. The number of hydrogen-bond acceptors (Lipinski definition) is 5. The van der Waals surface area contributed by atoms with Crippen molar-refractivity contribution in [3.8, 4) is 5.75 Å². The molecule has 0 heterocycles. The van der Waals surface area contributed by atoms with Crippen molar-refractivity contribution in [1.82, 2.24) is 5.32 Å². The van der Waals surface area contributed by atoms with Crippen molar-refractivity contribution in [2.45, 2.75) is 0 Å². The Labute approximate surface area is 121 Å². The average molecular weight is 297 g/mol. The zero-order valence-electron chi connectivity index (χ0n) is 10.6. The molecule has 0 unspecified atom stereocenters. The Morgan fingerprint density at radius 3 is 2.60 bits per heavy atom. The van der Waals surface area contributed by atoms with Crippen molar-refractivity contribution in [2.75, 3.05) is 19.8 Å².